The summed E-state index contributed by atoms with van der Waals surface area (Å²) < 4.78 is 30.2. The van der Waals surface area contributed by atoms with Crippen LogP contribution < -0.4 is 5.32 Å². The maximum absolute atomic E-state index is 11.8. The molecule has 1 aromatic rings. The SMILES string of the molecule is CCCNCc1cn(CCOCC(F)F)cn1. The van der Waals surface area contributed by atoms with Crippen molar-refractivity contribution in [1.29, 1.82) is 0 Å². The van der Waals surface area contributed by atoms with E-state index < -0.39 is 13.0 Å². The number of alkyl halides is 2. The number of aromatic nitrogens is 2. The van der Waals surface area contributed by atoms with Gasteiger partial charge in [-0.3, -0.25) is 0 Å². The maximum atomic E-state index is 11.8. The van der Waals surface area contributed by atoms with Crippen molar-refractivity contribution in [2.45, 2.75) is 32.9 Å². The summed E-state index contributed by atoms with van der Waals surface area (Å²) in [4.78, 5) is 4.20. The standard InChI is InChI=1S/C11H19F2N3O/c1-2-3-14-6-10-7-16(9-15-10)4-5-17-8-11(12)13/h7,9,11,14H,2-6,8H2,1H3. The van der Waals surface area contributed by atoms with Crippen molar-refractivity contribution in [2.75, 3.05) is 19.8 Å². The molecule has 4 nitrogen and oxygen atoms in total. The summed E-state index contributed by atoms with van der Waals surface area (Å²) in [7, 11) is 0. The van der Waals surface area contributed by atoms with Gasteiger partial charge in [0.1, 0.15) is 6.61 Å². The van der Waals surface area contributed by atoms with E-state index in [0.717, 1.165) is 25.2 Å². The highest BCUT2D eigenvalue weighted by Gasteiger charge is 2.02. The van der Waals surface area contributed by atoms with Crippen molar-refractivity contribution < 1.29 is 13.5 Å². The predicted octanol–water partition coefficient (Wildman–Crippen LogP) is 1.66. The highest BCUT2D eigenvalue weighted by atomic mass is 19.3. The van der Waals surface area contributed by atoms with Gasteiger partial charge in [-0.25, -0.2) is 13.8 Å². The van der Waals surface area contributed by atoms with Gasteiger partial charge in [-0.05, 0) is 13.0 Å². The second kappa shape index (κ2) is 8.14. The van der Waals surface area contributed by atoms with E-state index in [1.165, 1.54) is 0 Å². The highest BCUT2D eigenvalue weighted by molar-refractivity contribution is 4.95. The van der Waals surface area contributed by atoms with Crippen molar-refractivity contribution in [3.8, 4) is 0 Å². The van der Waals surface area contributed by atoms with E-state index in [9.17, 15) is 8.78 Å². The van der Waals surface area contributed by atoms with E-state index in [0.29, 0.717) is 6.54 Å². The molecule has 1 heterocycles. The Balaban J connectivity index is 2.16. The molecule has 98 valence electrons. The van der Waals surface area contributed by atoms with E-state index in [4.69, 9.17) is 4.74 Å². The summed E-state index contributed by atoms with van der Waals surface area (Å²) in [6, 6.07) is 0. The average Bonchev–Trinajstić information content (AvgIpc) is 2.73. The van der Waals surface area contributed by atoms with Crippen LogP contribution in [-0.4, -0.2) is 35.7 Å². The predicted molar refractivity (Wildman–Crippen MR) is 61.0 cm³/mol. The summed E-state index contributed by atoms with van der Waals surface area (Å²) in [5.41, 5.74) is 0.951. The number of ether oxygens (including phenoxy) is 1. The molecule has 0 aliphatic carbocycles. The van der Waals surface area contributed by atoms with Gasteiger partial charge in [-0.1, -0.05) is 6.92 Å². The van der Waals surface area contributed by atoms with Gasteiger partial charge in [0.05, 0.1) is 18.6 Å². The summed E-state index contributed by atoms with van der Waals surface area (Å²) >= 11 is 0. The number of rotatable bonds is 9. The first-order valence-electron chi connectivity index (χ1n) is 5.79. The molecule has 0 fully saturated rings. The third-order valence-corrected chi connectivity index (χ3v) is 2.16. The van der Waals surface area contributed by atoms with Crippen LogP contribution in [0.15, 0.2) is 12.5 Å². The van der Waals surface area contributed by atoms with E-state index in [2.05, 4.69) is 17.2 Å². The van der Waals surface area contributed by atoms with Crippen LogP contribution in [-0.2, 0) is 17.8 Å². The quantitative estimate of drug-likeness (QED) is 0.675. The van der Waals surface area contributed by atoms with Gasteiger partial charge in [0, 0.05) is 19.3 Å². The zero-order chi connectivity index (χ0) is 12.5. The van der Waals surface area contributed by atoms with Crippen molar-refractivity contribution in [3.63, 3.8) is 0 Å². The molecule has 0 atom stereocenters. The third-order valence-electron chi connectivity index (χ3n) is 2.16. The molecule has 6 heteroatoms. The molecule has 0 aliphatic heterocycles. The molecule has 0 aliphatic rings. The minimum absolute atomic E-state index is 0.280. The Bertz CT molecular complexity index is 305. The van der Waals surface area contributed by atoms with E-state index in [1.54, 1.807) is 6.33 Å². The lowest BCUT2D eigenvalue weighted by molar-refractivity contribution is 0.0147. The Hall–Kier alpha value is -1.01. The zero-order valence-corrected chi connectivity index (χ0v) is 10.0. The Kier molecular flexibility index (Phi) is 6.73. The average molecular weight is 247 g/mol. The van der Waals surface area contributed by atoms with Gasteiger partial charge in [0.2, 0.25) is 0 Å². The smallest absolute Gasteiger partial charge is 0.261 e. The fourth-order valence-electron chi connectivity index (χ4n) is 1.36. The molecular formula is C11H19F2N3O. The van der Waals surface area contributed by atoms with Gasteiger partial charge < -0.3 is 14.6 Å². The van der Waals surface area contributed by atoms with Crippen LogP contribution in [0.25, 0.3) is 0 Å². The number of hydrogen-bond acceptors (Lipinski definition) is 3. The summed E-state index contributed by atoms with van der Waals surface area (Å²) in [6.45, 7) is 4.13. The molecule has 1 N–H and O–H groups in total. The summed E-state index contributed by atoms with van der Waals surface area (Å²) in [5.74, 6) is 0. The molecular weight excluding hydrogens is 228 g/mol. The molecule has 17 heavy (non-hydrogen) atoms. The summed E-state index contributed by atoms with van der Waals surface area (Å²) in [5, 5.41) is 3.24. The Morgan fingerprint density at radius 1 is 1.53 bits per heavy atom. The molecule has 1 rings (SSSR count). The fourth-order valence-corrected chi connectivity index (χ4v) is 1.36. The zero-order valence-electron chi connectivity index (χ0n) is 10.0. The molecule has 0 unspecified atom stereocenters. The van der Waals surface area contributed by atoms with Crippen LogP contribution in [0, 0.1) is 0 Å². The first-order chi connectivity index (χ1) is 8.22. The lowest BCUT2D eigenvalue weighted by Crippen LogP contribution is -2.14. The monoisotopic (exact) mass is 247 g/mol. The first kappa shape index (κ1) is 14.1. The maximum Gasteiger partial charge on any atom is 0.261 e. The molecule has 0 bridgehead atoms. The molecule has 0 amide bonds. The number of nitrogens with one attached hydrogen (secondary N) is 1. The lowest BCUT2D eigenvalue weighted by Gasteiger charge is -2.03. The number of imidazole rings is 1. The van der Waals surface area contributed by atoms with Crippen LogP contribution in [0.5, 0.6) is 0 Å². The van der Waals surface area contributed by atoms with Gasteiger partial charge in [0.25, 0.3) is 6.43 Å². The molecule has 0 spiro atoms. The topological polar surface area (TPSA) is 39.1 Å². The normalized spacial score (nSPS) is 11.3. The van der Waals surface area contributed by atoms with Gasteiger partial charge in [0.15, 0.2) is 0 Å². The number of halogens is 2. The molecule has 0 radical (unpaired) electrons. The second-order valence-electron chi connectivity index (χ2n) is 3.75. The van der Waals surface area contributed by atoms with Gasteiger partial charge >= 0.3 is 0 Å². The summed E-state index contributed by atoms with van der Waals surface area (Å²) in [6.07, 6.45) is 2.28. The second-order valence-corrected chi connectivity index (χ2v) is 3.75. The Morgan fingerprint density at radius 2 is 2.35 bits per heavy atom. The van der Waals surface area contributed by atoms with E-state index in [1.807, 2.05) is 10.8 Å². The van der Waals surface area contributed by atoms with Gasteiger partial charge in [-0.15, -0.1) is 0 Å². The van der Waals surface area contributed by atoms with Crippen molar-refractivity contribution in [1.82, 2.24) is 14.9 Å². The molecule has 1 aromatic heterocycles. The number of hydrogen-bond donors (Lipinski definition) is 1. The van der Waals surface area contributed by atoms with E-state index >= 15 is 0 Å². The van der Waals surface area contributed by atoms with Crippen LogP contribution in [0.1, 0.15) is 19.0 Å². The van der Waals surface area contributed by atoms with Gasteiger partial charge in [-0.2, -0.15) is 0 Å². The molecule has 0 saturated carbocycles. The van der Waals surface area contributed by atoms with Crippen molar-refractivity contribution >= 4 is 0 Å². The van der Waals surface area contributed by atoms with Crippen LogP contribution >= 0.6 is 0 Å². The fraction of sp³-hybridized carbons (Fsp3) is 0.727. The minimum atomic E-state index is -2.40. The first-order valence-corrected chi connectivity index (χ1v) is 5.79. The molecule has 0 aromatic carbocycles. The van der Waals surface area contributed by atoms with Crippen LogP contribution in [0.3, 0.4) is 0 Å². The van der Waals surface area contributed by atoms with Crippen LogP contribution in [0.4, 0.5) is 8.78 Å². The lowest BCUT2D eigenvalue weighted by atomic mass is 10.4. The van der Waals surface area contributed by atoms with Crippen molar-refractivity contribution in [2.24, 2.45) is 0 Å². The minimum Gasteiger partial charge on any atom is -0.374 e. The van der Waals surface area contributed by atoms with Crippen molar-refractivity contribution in [3.05, 3.63) is 18.2 Å². The number of nitrogens with zero attached hydrogens (tertiary/aromatic N) is 2. The van der Waals surface area contributed by atoms with Crippen LogP contribution in [0.2, 0.25) is 0 Å². The Labute approximate surface area is 100.0 Å². The third kappa shape index (κ3) is 6.33. The molecule has 0 saturated heterocycles. The Morgan fingerprint density at radius 3 is 3.06 bits per heavy atom. The van der Waals surface area contributed by atoms with E-state index in [-0.39, 0.29) is 6.61 Å². The largest absolute Gasteiger partial charge is 0.374 e. The highest BCUT2D eigenvalue weighted by Crippen LogP contribution is 1.97.